The molecule has 0 saturated heterocycles. The van der Waals surface area contributed by atoms with E-state index in [2.05, 4.69) is 18.8 Å². The van der Waals surface area contributed by atoms with E-state index in [-0.39, 0.29) is 0 Å². The molecule has 1 rings (SSSR count). The minimum Gasteiger partial charge on any atom is -0.260 e. The lowest BCUT2D eigenvalue weighted by Crippen LogP contribution is -1.99. The Morgan fingerprint density at radius 1 is 1.21 bits per heavy atom. The largest absolute Gasteiger partial charge is 0.260 e. The first-order valence-electron chi connectivity index (χ1n) is 5.15. The van der Waals surface area contributed by atoms with Gasteiger partial charge in [-0.3, -0.25) is 4.98 Å². The zero-order chi connectivity index (χ0) is 11.3. The van der Waals surface area contributed by atoms with Gasteiger partial charge in [0.25, 0.3) is 0 Å². The number of hydrogen-bond acceptors (Lipinski definition) is 1. The Labute approximate surface area is 92.5 Å². The zero-order valence-corrected chi connectivity index (χ0v) is 10.7. The van der Waals surface area contributed by atoms with Gasteiger partial charge in [-0.2, -0.15) is 0 Å². The van der Waals surface area contributed by atoms with Crippen molar-refractivity contribution in [2.75, 3.05) is 0 Å². The lowest BCUT2D eigenvalue weighted by molar-refractivity contribution is 0.832. The second-order valence-electron chi connectivity index (χ2n) is 3.38. The summed E-state index contributed by atoms with van der Waals surface area (Å²) in [4.78, 5) is 4.23. The van der Waals surface area contributed by atoms with Gasteiger partial charge in [-0.25, -0.2) is 0 Å². The highest BCUT2D eigenvalue weighted by atomic mass is 35.5. The number of halogens is 1. The van der Waals surface area contributed by atoms with Crippen LogP contribution in [0.25, 0.3) is 0 Å². The van der Waals surface area contributed by atoms with Crippen LogP contribution in [-0.2, 0) is 0 Å². The van der Waals surface area contributed by atoms with Crippen LogP contribution < -0.4 is 0 Å². The molecule has 0 aliphatic carbocycles. The van der Waals surface area contributed by atoms with Crippen LogP contribution in [0.5, 0.6) is 0 Å². The molecule has 0 fully saturated rings. The molecule has 0 aromatic carbocycles. The van der Waals surface area contributed by atoms with Crippen LogP contribution in [0.3, 0.4) is 0 Å². The smallest absolute Gasteiger partial charge is 0.0621 e. The van der Waals surface area contributed by atoms with E-state index in [0.717, 1.165) is 10.7 Å². The molecular formula is C12H20ClN. The lowest BCUT2D eigenvalue weighted by Gasteiger charge is -2.13. The fourth-order valence-corrected chi connectivity index (χ4v) is 1.72. The van der Waals surface area contributed by atoms with Crippen molar-refractivity contribution < 1.29 is 0 Å². The number of hydrogen-bond donors (Lipinski definition) is 0. The molecule has 0 bridgehead atoms. The van der Waals surface area contributed by atoms with Crippen LogP contribution >= 0.6 is 11.6 Å². The molecule has 0 radical (unpaired) electrons. The number of aromatic nitrogens is 1. The van der Waals surface area contributed by atoms with Crippen LogP contribution in [0.15, 0.2) is 6.20 Å². The summed E-state index contributed by atoms with van der Waals surface area (Å²) >= 11 is 5.97. The summed E-state index contributed by atoms with van der Waals surface area (Å²) in [6, 6.07) is 0. The van der Waals surface area contributed by atoms with E-state index in [4.69, 9.17) is 11.6 Å². The average molecular weight is 214 g/mol. The van der Waals surface area contributed by atoms with E-state index in [1.807, 2.05) is 27.7 Å². The fourth-order valence-electron chi connectivity index (χ4n) is 1.57. The third-order valence-electron chi connectivity index (χ3n) is 2.10. The van der Waals surface area contributed by atoms with Crippen molar-refractivity contribution in [1.82, 2.24) is 4.98 Å². The highest BCUT2D eigenvalue weighted by molar-refractivity contribution is 6.31. The molecule has 0 atom stereocenters. The summed E-state index contributed by atoms with van der Waals surface area (Å²) in [6.07, 6.45) is 1.72. The zero-order valence-electron chi connectivity index (χ0n) is 9.98. The van der Waals surface area contributed by atoms with Crippen LogP contribution in [0, 0.1) is 13.8 Å². The van der Waals surface area contributed by atoms with E-state index in [1.54, 1.807) is 6.20 Å². The van der Waals surface area contributed by atoms with Crippen LogP contribution in [0.1, 0.15) is 50.4 Å². The van der Waals surface area contributed by atoms with Gasteiger partial charge < -0.3 is 0 Å². The molecule has 2 heteroatoms. The summed E-state index contributed by atoms with van der Waals surface area (Å²) in [5.41, 5.74) is 3.54. The minimum absolute atomic E-state index is 0.496. The predicted octanol–water partition coefficient (Wildman–Crippen LogP) is 4.50. The van der Waals surface area contributed by atoms with E-state index in [0.29, 0.717) is 5.92 Å². The van der Waals surface area contributed by atoms with Gasteiger partial charge in [-0.1, -0.05) is 39.3 Å². The Balaban J connectivity index is 0.000000791. The third-order valence-corrected chi connectivity index (χ3v) is 2.48. The van der Waals surface area contributed by atoms with Gasteiger partial charge in [0.1, 0.15) is 0 Å². The minimum atomic E-state index is 0.496. The highest BCUT2D eigenvalue weighted by Crippen LogP contribution is 2.26. The maximum absolute atomic E-state index is 5.97. The summed E-state index contributed by atoms with van der Waals surface area (Å²) in [7, 11) is 0. The topological polar surface area (TPSA) is 12.9 Å². The lowest BCUT2D eigenvalue weighted by atomic mass is 9.97. The Bertz CT molecular complexity index is 293. The number of nitrogens with zero attached hydrogens (tertiary/aromatic N) is 1. The summed E-state index contributed by atoms with van der Waals surface area (Å²) in [6.45, 7) is 12.4. The molecule has 0 aliphatic rings. The molecule has 0 amide bonds. The number of aryl methyl sites for hydroxylation is 1. The second-order valence-corrected chi connectivity index (χ2v) is 3.79. The average Bonchev–Trinajstić information content (AvgIpc) is 2.15. The standard InChI is InChI=1S/C10H14ClN.C2H6/c1-6(2)10-7(3)9(11)5-12-8(10)4;1-2/h5-6H,1-4H3;1-2H3. The molecule has 1 aromatic heterocycles. The molecule has 0 aliphatic heterocycles. The van der Waals surface area contributed by atoms with Crippen molar-refractivity contribution in [1.29, 1.82) is 0 Å². The van der Waals surface area contributed by atoms with E-state index in [9.17, 15) is 0 Å². The Hall–Kier alpha value is -0.560. The molecule has 80 valence electrons. The Morgan fingerprint density at radius 3 is 2.07 bits per heavy atom. The quantitative estimate of drug-likeness (QED) is 0.670. The number of rotatable bonds is 1. The summed E-state index contributed by atoms with van der Waals surface area (Å²) in [5, 5.41) is 0.768. The first kappa shape index (κ1) is 13.4. The predicted molar refractivity (Wildman–Crippen MR) is 64.2 cm³/mol. The van der Waals surface area contributed by atoms with Crippen molar-refractivity contribution in [2.45, 2.75) is 47.5 Å². The Kier molecular flexibility index (Phi) is 5.78. The molecular weight excluding hydrogens is 194 g/mol. The van der Waals surface area contributed by atoms with Gasteiger partial charge in [0.15, 0.2) is 0 Å². The van der Waals surface area contributed by atoms with Gasteiger partial charge in [-0.05, 0) is 30.9 Å². The molecule has 1 aromatic rings. The summed E-state index contributed by atoms with van der Waals surface area (Å²) in [5.74, 6) is 0.496. The van der Waals surface area contributed by atoms with Gasteiger partial charge >= 0.3 is 0 Å². The maximum atomic E-state index is 5.97. The van der Waals surface area contributed by atoms with Gasteiger partial charge in [-0.15, -0.1) is 0 Å². The maximum Gasteiger partial charge on any atom is 0.0621 e. The normalized spacial score (nSPS) is 9.71. The van der Waals surface area contributed by atoms with Crippen LogP contribution in [-0.4, -0.2) is 4.98 Å². The highest BCUT2D eigenvalue weighted by Gasteiger charge is 2.10. The van der Waals surface area contributed by atoms with Gasteiger partial charge in [0, 0.05) is 11.9 Å². The van der Waals surface area contributed by atoms with Crippen molar-refractivity contribution >= 4 is 11.6 Å². The SMILES string of the molecule is CC.Cc1ncc(Cl)c(C)c1C(C)C. The third kappa shape index (κ3) is 2.98. The second kappa shape index (κ2) is 6.02. The van der Waals surface area contributed by atoms with E-state index in [1.165, 1.54) is 11.1 Å². The summed E-state index contributed by atoms with van der Waals surface area (Å²) < 4.78 is 0. The van der Waals surface area contributed by atoms with Crippen molar-refractivity contribution in [3.63, 3.8) is 0 Å². The molecule has 0 N–H and O–H groups in total. The monoisotopic (exact) mass is 213 g/mol. The van der Waals surface area contributed by atoms with E-state index < -0.39 is 0 Å². The molecule has 0 spiro atoms. The first-order valence-corrected chi connectivity index (χ1v) is 5.53. The number of pyridine rings is 1. The molecule has 0 saturated carbocycles. The van der Waals surface area contributed by atoms with Gasteiger partial charge in [0.05, 0.1) is 5.02 Å². The van der Waals surface area contributed by atoms with Crippen molar-refractivity contribution in [2.24, 2.45) is 0 Å². The Morgan fingerprint density at radius 2 is 1.71 bits per heavy atom. The first-order chi connectivity index (χ1) is 6.54. The van der Waals surface area contributed by atoms with Crippen molar-refractivity contribution in [3.8, 4) is 0 Å². The van der Waals surface area contributed by atoms with Crippen molar-refractivity contribution in [3.05, 3.63) is 28.0 Å². The van der Waals surface area contributed by atoms with Crippen LogP contribution in [0.2, 0.25) is 5.02 Å². The van der Waals surface area contributed by atoms with E-state index >= 15 is 0 Å². The molecule has 0 unspecified atom stereocenters. The fraction of sp³-hybridized carbons (Fsp3) is 0.583. The molecule has 1 heterocycles. The molecule has 14 heavy (non-hydrogen) atoms. The van der Waals surface area contributed by atoms with Crippen LogP contribution in [0.4, 0.5) is 0 Å². The molecule has 1 nitrogen and oxygen atoms in total. The van der Waals surface area contributed by atoms with Gasteiger partial charge in [0.2, 0.25) is 0 Å².